The highest BCUT2D eigenvalue weighted by Gasteiger charge is 2.34. The molecule has 1 heterocycles. The number of aromatic nitrogens is 2. The van der Waals surface area contributed by atoms with Crippen molar-refractivity contribution in [3.8, 4) is 5.75 Å². The van der Waals surface area contributed by atoms with Crippen molar-refractivity contribution < 1.29 is 60.4 Å². The molecule has 0 aliphatic carbocycles. The van der Waals surface area contributed by atoms with Gasteiger partial charge in [-0.15, -0.1) is 0 Å². The third-order valence-corrected chi connectivity index (χ3v) is 6.74. The largest absolute Gasteiger partial charge is 0.492 e. The van der Waals surface area contributed by atoms with Crippen molar-refractivity contribution in [3.05, 3.63) is 24.5 Å². The number of rotatable bonds is 18. The Hall–Kier alpha value is -1.95. The van der Waals surface area contributed by atoms with Gasteiger partial charge in [0.2, 0.25) is 6.33 Å². The van der Waals surface area contributed by atoms with Crippen LogP contribution < -0.4 is 9.30 Å². The van der Waals surface area contributed by atoms with E-state index in [1.807, 2.05) is 32.3 Å². The fourth-order valence-corrected chi connectivity index (χ4v) is 4.28. The fourth-order valence-electron chi connectivity index (χ4n) is 4.28. The molecule has 0 bridgehead atoms. The van der Waals surface area contributed by atoms with Gasteiger partial charge >= 0.3 is 0 Å². The number of benzene rings is 1. The van der Waals surface area contributed by atoms with E-state index in [0.29, 0.717) is 5.75 Å². The van der Waals surface area contributed by atoms with Gasteiger partial charge in [-0.05, 0) is 26.0 Å². The van der Waals surface area contributed by atoms with Gasteiger partial charge in [0.1, 0.15) is 49.0 Å². The first-order chi connectivity index (χ1) is 18.5. The summed E-state index contributed by atoms with van der Waals surface area (Å²) in [5, 5.41) is 98.3. The summed E-state index contributed by atoms with van der Waals surface area (Å²) in [4.78, 5) is 1.39. The lowest BCUT2D eigenvalue weighted by Gasteiger charge is -2.33. The van der Waals surface area contributed by atoms with E-state index in [2.05, 4.69) is 9.13 Å². The molecule has 39 heavy (non-hydrogen) atoms. The summed E-state index contributed by atoms with van der Waals surface area (Å²) in [7, 11) is 0. The van der Waals surface area contributed by atoms with E-state index in [-0.39, 0.29) is 26.2 Å². The van der Waals surface area contributed by atoms with Gasteiger partial charge < -0.3 is 55.8 Å². The first-order valence-corrected chi connectivity index (χ1v) is 13.0. The van der Waals surface area contributed by atoms with E-state index in [1.54, 1.807) is 6.07 Å². The lowest BCUT2D eigenvalue weighted by molar-refractivity contribution is -0.668. The van der Waals surface area contributed by atoms with Crippen molar-refractivity contribution in [2.45, 2.75) is 75.8 Å². The van der Waals surface area contributed by atoms with Gasteiger partial charge in [0, 0.05) is 25.7 Å². The maximum Gasteiger partial charge on any atom is 0.244 e. The van der Waals surface area contributed by atoms with Crippen molar-refractivity contribution in [1.29, 1.82) is 0 Å². The van der Waals surface area contributed by atoms with Gasteiger partial charge in [-0.25, -0.2) is 9.13 Å². The number of nitrogens with zero attached hydrogens (tertiary/aromatic N) is 3. The van der Waals surface area contributed by atoms with Gasteiger partial charge in [0.15, 0.2) is 11.0 Å². The van der Waals surface area contributed by atoms with E-state index < -0.39 is 62.0 Å². The van der Waals surface area contributed by atoms with Crippen LogP contribution in [0.25, 0.3) is 11.0 Å². The zero-order valence-electron chi connectivity index (χ0n) is 22.3. The van der Waals surface area contributed by atoms with E-state index in [4.69, 9.17) is 14.9 Å². The van der Waals surface area contributed by atoms with Crippen molar-refractivity contribution >= 4 is 11.0 Å². The zero-order chi connectivity index (χ0) is 29.3. The first-order valence-electron chi connectivity index (χ1n) is 13.0. The number of ether oxygens (including phenoxy) is 1. The van der Waals surface area contributed by atoms with Crippen LogP contribution in [0, 0.1) is 0 Å². The molecule has 2 rings (SSSR count). The molecule has 0 saturated heterocycles. The number of aryl methyl sites for hydroxylation is 2. The zero-order valence-corrected chi connectivity index (χ0v) is 22.3. The minimum atomic E-state index is -1.85. The summed E-state index contributed by atoms with van der Waals surface area (Å²) < 4.78 is 10.1. The SMILES string of the molecule is CCn1c[n+](CC)c2cc(OCCN(C[C@H](O)[C@@H](O)[C@H](O)[C@H](O)CO)C[C@H](O)[C@@H](O)[C@H](O)[C@H](O)CO)ccc21. The topological polar surface area (TPSA) is 224 Å². The van der Waals surface area contributed by atoms with Crippen molar-refractivity contribution in [2.24, 2.45) is 0 Å². The molecule has 0 fully saturated rings. The average Bonchev–Trinajstić information content (AvgIpc) is 3.31. The van der Waals surface area contributed by atoms with Crippen LogP contribution >= 0.6 is 0 Å². The summed E-state index contributed by atoms with van der Waals surface area (Å²) >= 11 is 0. The monoisotopic (exact) mass is 562 g/mol. The Bertz CT molecular complexity index is 964. The van der Waals surface area contributed by atoms with Crippen LogP contribution in [0.3, 0.4) is 0 Å². The maximum atomic E-state index is 10.5. The van der Waals surface area contributed by atoms with Crippen LogP contribution in [0.5, 0.6) is 5.75 Å². The summed E-state index contributed by atoms with van der Waals surface area (Å²) in [6.45, 7) is 3.30. The summed E-state index contributed by atoms with van der Waals surface area (Å²) in [6, 6.07) is 5.61. The Balaban J connectivity index is 2.13. The Kier molecular flexibility index (Phi) is 13.4. The molecule has 0 aliphatic heterocycles. The van der Waals surface area contributed by atoms with Crippen LogP contribution in [0.4, 0.5) is 0 Å². The van der Waals surface area contributed by atoms with Crippen LogP contribution in [0.2, 0.25) is 0 Å². The molecule has 1 aromatic carbocycles. The molecule has 0 amide bonds. The molecular formula is C25H44N3O11+. The van der Waals surface area contributed by atoms with Crippen molar-refractivity contribution in [1.82, 2.24) is 9.47 Å². The molecule has 8 atom stereocenters. The van der Waals surface area contributed by atoms with Gasteiger partial charge in [-0.3, -0.25) is 4.90 Å². The molecule has 1 aromatic heterocycles. The summed E-state index contributed by atoms with van der Waals surface area (Å²) in [5.41, 5.74) is 2.01. The molecule has 224 valence electrons. The predicted octanol–water partition coefficient (Wildman–Crippen LogP) is -4.48. The molecule has 14 heteroatoms. The third kappa shape index (κ3) is 8.77. The Labute approximate surface area is 226 Å². The number of imidazole rings is 1. The second-order valence-corrected chi connectivity index (χ2v) is 9.54. The van der Waals surface area contributed by atoms with Crippen LogP contribution in [-0.2, 0) is 13.1 Å². The Morgan fingerprint density at radius 1 is 0.795 bits per heavy atom. The predicted molar refractivity (Wildman–Crippen MR) is 138 cm³/mol. The molecule has 0 radical (unpaired) electrons. The lowest BCUT2D eigenvalue weighted by Crippen LogP contribution is -2.53. The minimum Gasteiger partial charge on any atom is -0.492 e. The normalized spacial score (nSPS) is 18.5. The maximum absolute atomic E-state index is 10.5. The Morgan fingerprint density at radius 2 is 1.31 bits per heavy atom. The number of fused-ring (bicyclic) bond motifs is 1. The second kappa shape index (κ2) is 15.7. The molecule has 0 aliphatic rings. The highest BCUT2D eigenvalue weighted by Crippen LogP contribution is 2.19. The summed E-state index contributed by atoms with van der Waals surface area (Å²) in [5.74, 6) is 0.558. The van der Waals surface area contributed by atoms with Gasteiger partial charge in [-0.1, -0.05) is 0 Å². The van der Waals surface area contributed by atoms with Crippen molar-refractivity contribution in [2.75, 3.05) is 39.5 Å². The molecular weight excluding hydrogens is 518 g/mol. The highest BCUT2D eigenvalue weighted by atomic mass is 16.5. The lowest BCUT2D eigenvalue weighted by atomic mass is 10.0. The quantitative estimate of drug-likeness (QED) is 0.0777. The van der Waals surface area contributed by atoms with E-state index in [0.717, 1.165) is 24.1 Å². The number of aliphatic hydroxyl groups is 10. The number of hydrogen-bond donors (Lipinski definition) is 10. The second-order valence-electron chi connectivity index (χ2n) is 9.54. The molecule has 0 unspecified atom stereocenters. The minimum absolute atomic E-state index is 0.0430. The third-order valence-electron chi connectivity index (χ3n) is 6.74. The van der Waals surface area contributed by atoms with Gasteiger partial charge in [-0.2, -0.15) is 0 Å². The summed E-state index contributed by atoms with van der Waals surface area (Å²) in [6.07, 6.45) is -12.1. The van der Waals surface area contributed by atoms with Crippen LogP contribution in [0.1, 0.15) is 13.8 Å². The number of hydrogen-bond acceptors (Lipinski definition) is 12. The van der Waals surface area contributed by atoms with Gasteiger partial charge in [0.05, 0.1) is 38.5 Å². The smallest absolute Gasteiger partial charge is 0.244 e. The molecule has 2 aromatic rings. The van der Waals surface area contributed by atoms with E-state index >= 15 is 0 Å². The molecule has 10 N–H and O–H groups in total. The molecule has 14 nitrogen and oxygen atoms in total. The van der Waals surface area contributed by atoms with Crippen LogP contribution in [0.15, 0.2) is 24.5 Å². The van der Waals surface area contributed by atoms with Crippen molar-refractivity contribution in [3.63, 3.8) is 0 Å². The molecule has 0 saturated carbocycles. The standard InChI is InChI=1S/C25H44N3O11/c1-3-27-14-28(4-2)17-9-15(5-6-16(17)27)39-8-7-26(10-18(31)22(35)24(37)20(33)12-29)11-19(32)23(36)25(38)21(34)13-30/h5-6,9,14,18-25,29-38H,3-4,7-8,10-13H2,1-2H3/q+1/t18-,19-,20+,21+,22+,23+,24+,25+/m0/s1. The Morgan fingerprint density at radius 3 is 1.77 bits per heavy atom. The van der Waals surface area contributed by atoms with E-state index in [1.165, 1.54) is 4.90 Å². The average molecular weight is 563 g/mol. The van der Waals surface area contributed by atoms with E-state index in [9.17, 15) is 40.9 Å². The molecule has 0 spiro atoms. The number of aliphatic hydroxyl groups excluding tert-OH is 10. The van der Waals surface area contributed by atoms with Gasteiger partial charge in [0.25, 0.3) is 0 Å². The highest BCUT2D eigenvalue weighted by molar-refractivity contribution is 5.73. The fraction of sp³-hybridized carbons (Fsp3) is 0.720. The van der Waals surface area contributed by atoms with Crippen LogP contribution in [-0.4, -0.2) is 149 Å². The first kappa shape index (κ1) is 33.3.